The third-order valence-electron chi connectivity index (χ3n) is 6.20. The Bertz CT molecular complexity index is 754. The Morgan fingerprint density at radius 1 is 0.719 bits per heavy atom. The van der Waals surface area contributed by atoms with Gasteiger partial charge in [0.15, 0.2) is 6.61 Å². The molecule has 0 radical (unpaired) electrons. The summed E-state index contributed by atoms with van der Waals surface area (Å²) in [5, 5.41) is 0. The molecule has 2 saturated heterocycles. The highest BCUT2D eigenvalue weighted by molar-refractivity contribution is 8.00. The molecule has 6 nitrogen and oxygen atoms in total. The number of nitrogens with zero attached hydrogens (tertiary/aromatic N) is 2. The van der Waals surface area contributed by atoms with Crippen LogP contribution in [0.1, 0.15) is 74.6 Å². The summed E-state index contributed by atoms with van der Waals surface area (Å²) in [4.78, 5) is 42.4. The molecule has 7 heteroatoms. The first-order valence-electron chi connectivity index (χ1n) is 12.1. The zero-order valence-corrected chi connectivity index (χ0v) is 19.9. The first-order chi connectivity index (χ1) is 15.6. The molecule has 2 aliphatic heterocycles. The summed E-state index contributed by atoms with van der Waals surface area (Å²) in [7, 11) is 0. The zero-order valence-electron chi connectivity index (χ0n) is 19.1. The van der Waals surface area contributed by atoms with Crippen molar-refractivity contribution >= 4 is 29.5 Å². The summed E-state index contributed by atoms with van der Waals surface area (Å²) in [5.74, 6) is -0.214. The van der Waals surface area contributed by atoms with Crippen molar-refractivity contribution in [3.05, 3.63) is 29.8 Å². The summed E-state index contributed by atoms with van der Waals surface area (Å²) in [6.07, 6.45) is 11.3. The number of esters is 1. The van der Waals surface area contributed by atoms with Crippen LogP contribution in [0, 0.1) is 0 Å². The maximum Gasteiger partial charge on any atom is 0.339 e. The molecule has 2 aliphatic rings. The fourth-order valence-electron chi connectivity index (χ4n) is 4.28. The van der Waals surface area contributed by atoms with Gasteiger partial charge in [-0.1, -0.05) is 50.7 Å². The lowest BCUT2D eigenvalue weighted by molar-refractivity contribution is -0.135. The van der Waals surface area contributed by atoms with Crippen molar-refractivity contribution in [1.29, 1.82) is 0 Å². The first kappa shape index (κ1) is 24.6. The lowest BCUT2D eigenvalue weighted by Gasteiger charge is -2.25. The topological polar surface area (TPSA) is 66.9 Å². The third kappa shape index (κ3) is 7.84. The van der Waals surface area contributed by atoms with Crippen molar-refractivity contribution in [2.45, 2.75) is 69.1 Å². The molecular weight excluding hydrogens is 424 g/mol. The maximum absolute atomic E-state index is 12.7. The van der Waals surface area contributed by atoms with Gasteiger partial charge in [0.25, 0.3) is 5.91 Å². The molecule has 2 fully saturated rings. The summed E-state index contributed by atoms with van der Waals surface area (Å²) in [6.45, 7) is 2.89. The third-order valence-corrected chi connectivity index (χ3v) is 7.26. The highest BCUT2D eigenvalue weighted by Crippen LogP contribution is 2.24. The van der Waals surface area contributed by atoms with Crippen molar-refractivity contribution in [3.63, 3.8) is 0 Å². The van der Waals surface area contributed by atoms with Crippen LogP contribution in [0.5, 0.6) is 0 Å². The molecule has 0 unspecified atom stereocenters. The Morgan fingerprint density at radius 3 is 1.81 bits per heavy atom. The highest BCUT2D eigenvalue weighted by atomic mass is 32.2. The highest BCUT2D eigenvalue weighted by Gasteiger charge is 2.20. The molecule has 2 amide bonds. The van der Waals surface area contributed by atoms with Gasteiger partial charge in [-0.2, -0.15) is 0 Å². The van der Waals surface area contributed by atoms with E-state index in [0.717, 1.165) is 69.6 Å². The van der Waals surface area contributed by atoms with E-state index in [9.17, 15) is 14.4 Å². The van der Waals surface area contributed by atoms with Gasteiger partial charge in [0, 0.05) is 31.1 Å². The van der Waals surface area contributed by atoms with E-state index in [1.54, 1.807) is 12.1 Å². The Hall–Kier alpha value is -2.02. The number of hydrogen-bond acceptors (Lipinski definition) is 5. The van der Waals surface area contributed by atoms with Crippen molar-refractivity contribution in [2.24, 2.45) is 0 Å². The Kier molecular flexibility index (Phi) is 10.4. The van der Waals surface area contributed by atoms with Gasteiger partial charge in [0.05, 0.1) is 11.3 Å². The van der Waals surface area contributed by atoms with Gasteiger partial charge in [-0.05, 0) is 37.8 Å². The lowest BCUT2D eigenvalue weighted by atomic mass is 10.1. The molecule has 0 saturated carbocycles. The normalized spacial score (nSPS) is 18.1. The molecule has 0 N–H and O–H groups in total. The smallest absolute Gasteiger partial charge is 0.339 e. The number of hydrogen-bond donors (Lipinski definition) is 0. The van der Waals surface area contributed by atoms with Gasteiger partial charge in [0.1, 0.15) is 0 Å². The minimum atomic E-state index is -0.507. The molecule has 32 heavy (non-hydrogen) atoms. The average molecular weight is 461 g/mol. The fraction of sp³-hybridized carbons (Fsp3) is 0.640. The van der Waals surface area contributed by atoms with E-state index in [2.05, 4.69) is 0 Å². The summed E-state index contributed by atoms with van der Waals surface area (Å²) >= 11 is 1.37. The predicted octanol–water partition coefficient (Wildman–Crippen LogP) is 4.52. The quantitative estimate of drug-likeness (QED) is 0.461. The summed E-state index contributed by atoms with van der Waals surface area (Å²) in [5.41, 5.74) is 0.415. The second-order valence-electron chi connectivity index (χ2n) is 8.66. The van der Waals surface area contributed by atoms with Gasteiger partial charge < -0.3 is 14.5 Å². The standard InChI is InChI=1S/C25H36N2O4S/c28-23(26-15-9-3-1-4-10-16-26)19-31-25(30)21-13-7-8-14-22(21)32-20-24(29)27-17-11-5-2-6-12-18-27/h7-8,13-14H,1-6,9-12,15-20H2. The molecule has 1 aromatic rings. The number of carbonyl (C=O) groups is 3. The largest absolute Gasteiger partial charge is 0.452 e. The van der Waals surface area contributed by atoms with Crippen molar-refractivity contribution in [1.82, 2.24) is 9.80 Å². The van der Waals surface area contributed by atoms with Gasteiger partial charge in [-0.15, -0.1) is 11.8 Å². The van der Waals surface area contributed by atoms with E-state index in [1.807, 2.05) is 21.9 Å². The molecule has 0 bridgehead atoms. The van der Waals surface area contributed by atoms with Gasteiger partial charge >= 0.3 is 5.97 Å². The van der Waals surface area contributed by atoms with E-state index in [-0.39, 0.29) is 18.4 Å². The zero-order chi connectivity index (χ0) is 22.6. The number of ether oxygens (including phenoxy) is 1. The number of thioether (sulfide) groups is 1. The van der Waals surface area contributed by atoms with E-state index in [0.29, 0.717) is 11.3 Å². The van der Waals surface area contributed by atoms with Crippen LogP contribution in [0.25, 0.3) is 0 Å². The van der Waals surface area contributed by atoms with Crippen LogP contribution in [-0.2, 0) is 14.3 Å². The molecule has 1 aromatic carbocycles. The lowest BCUT2D eigenvalue weighted by Crippen LogP contribution is -2.37. The predicted molar refractivity (Wildman–Crippen MR) is 127 cm³/mol. The second-order valence-corrected chi connectivity index (χ2v) is 9.68. The minimum absolute atomic E-state index is 0.118. The molecule has 0 spiro atoms. The van der Waals surface area contributed by atoms with Crippen LogP contribution in [0.4, 0.5) is 0 Å². The number of benzene rings is 1. The number of carbonyl (C=O) groups excluding carboxylic acids is 3. The molecule has 176 valence electrons. The maximum atomic E-state index is 12.7. The van der Waals surface area contributed by atoms with Crippen LogP contribution in [0.2, 0.25) is 0 Å². The molecule has 0 aromatic heterocycles. The number of amides is 2. The Balaban J connectivity index is 1.51. The second kappa shape index (κ2) is 13.5. The average Bonchev–Trinajstić information content (AvgIpc) is 2.75. The molecule has 3 rings (SSSR count). The Morgan fingerprint density at radius 2 is 1.22 bits per heavy atom. The van der Waals surface area contributed by atoms with Crippen LogP contribution in [0.3, 0.4) is 0 Å². The monoisotopic (exact) mass is 460 g/mol. The van der Waals surface area contributed by atoms with Crippen molar-refractivity contribution < 1.29 is 19.1 Å². The van der Waals surface area contributed by atoms with E-state index >= 15 is 0 Å². The van der Waals surface area contributed by atoms with Crippen LogP contribution in [-0.4, -0.2) is 66.1 Å². The van der Waals surface area contributed by atoms with E-state index in [1.165, 1.54) is 37.4 Å². The first-order valence-corrected chi connectivity index (χ1v) is 13.1. The van der Waals surface area contributed by atoms with Crippen molar-refractivity contribution in [3.8, 4) is 0 Å². The molecule has 2 heterocycles. The summed E-state index contributed by atoms with van der Waals surface area (Å²) in [6, 6.07) is 7.17. The van der Waals surface area contributed by atoms with Gasteiger partial charge in [-0.25, -0.2) is 4.79 Å². The fourth-order valence-corrected chi connectivity index (χ4v) is 5.23. The van der Waals surface area contributed by atoms with Crippen LogP contribution in [0.15, 0.2) is 29.2 Å². The minimum Gasteiger partial charge on any atom is -0.452 e. The van der Waals surface area contributed by atoms with Gasteiger partial charge in [0.2, 0.25) is 5.91 Å². The molecule has 0 aliphatic carbocycles. The van der Waals surface area contributed by atoms with Crippen molar-refractivity contribution in [2.75, 3.05) is 38.5 Å². The van der Waals surface area contributed by atoms with Crippen LogP contribution < -0.4 is 0 Å². The molecular formula is C25H36N2O4S. The van der Waals surface area contributed by atoms with E-state index < -0.39 is 5.97 Å². The Labute approximate surface area is 196 Å². The summed E-state index contributed by atoms with van der Waals surface area (Å²) < 4.78 is 5.37. The molecule has 0 atom stereocenters. The number of rotatable bonds is 6. The number of likely N-dealkylation sites (tertiary alicyclic amines) is 2. The van der Waals surface area contributed by atoms with Crippen LogP contribution >= 0.6 is 11.8 Å². The van der Waals surface area contributed by atoms with E-state index in [4.69, 9.17) is 4.74 Å². The SMILES string of the molecule is O=C(OCC(=O)N1CCCCCCC1)c1ccccc1SCC(=O)N1CCCCCCC1. The van der Waals surface area contributed by atoms with Gasteiger partial charge in [-0.3, -0.25) is 9.59 Å².